The van der Waals surface area contributed by atoms with Gasteiger partial charge in [0, 0.05) is 12.1 Å². The molecule has 17 heavy (non-hydrogen) atoms. The van der Waals surface area contributed by atoms with Crippen LogP contribution in [0.5, 0.6) is 0 Å². The van der Waals surface area contributed by atoms with Gasteiger partial charge >= 0.3 is 0 Å². The minimum atomic E-state index is 0. The predicted octanol–water partition coefficient (Wildman–Crippen LogP) is -4.73. The van der Waals surface area contributed by atoms with E-state index in [0.717, 1.165) is 11.2 Å². The van der Waals surface area contributed by atoms with E-state index in [1.165, 1.54) is 5.52 Å². The fourth-order valence-corrected chi connectivity index (χ4v) is 1.76. The van der Waals surface area contributed by atoms with Crippen molar-refractivity contribution in [3.63, 3.8) is 0 Å². The number of fused-ring (bicyclic) bond motifs is 1. The summed E-state index contributed by atoms with van der Waals surface area (Å²) < 4.78 is 2.13. The fraction of sp³-hybridized carbons (Fsp3) is 0. The van der Waals surface area contributed by atoms with Gasteiger partial charge in [-0.15, -0.1) is 0 Å². The first-order valence-corrected chi connectivity index (χ1v) is 4.89. The van der Waals surface area contributed by atoms with E-state index in [-0.39, 0.29) is 24.8 Å². The SMILES string of the molecule is [Cl-].[Cl-].c1ccc2c(c1)[nH]c[n+]2-c1cc[nH+]cc1. The molecule has 0 aliphatic heterocycles. The third-order valence-corrected chi connectivity index (χ3v) is 2.49. The number of nitrogens with one attached hydrogen (secondary N) is 2. The summed E-state index contributed by atoms with van der Waals surface area (Å²) in [6, 6.07) is 12.3. The maximum absolute atomic E-state index is 3.24. The maximum atomic E-state index is 3.24. The summed E-state index contributed by atoms with van der Waals surface area (Å²) in [4.78, 5) is 6.26. The van der Waals surface area contributed by atoms with Crippen LogP contribution in [-0.2, 0) is 0 Å². The van der Waals surface area contributed by atoms with Crippen LogP contribution in [0.2, 0.25) is 0 Å². The second kappa shape index (κ2) is 5.66. The molecular formula is C12H11Cl2N3. The molecule has 3 rings (SSSR count). The molecule has 1 aromatic carbocycles. The first kappa shape index (κ1) is 13.5. The van der Waals surface area contributed by atoms with Crippen molar-refractivity contribution < 1.29 is 34.4 Å². The van der Waals surface area contributed by atoms with Crippen LogP contribution in [0.3, 0.4) is 0 Å². The summed E-state index contributed by atoms with van der Waals surface area (Å²) in [5, 5.41) is 0. The smallest absolute Gasteiger partial charge is 0.247 e. The van der Waals surface area contributed by atoms with E-state index >= 15 is 0 Å². The molecular weight excluding hydrogens is 257 g/mol. The average molecular weight is 268 g/mol. The second-order valence-electron chi connectivity index (χ2n) is 3.42. The zero-order chi connectivity index (χ0) is 10.1. The minimum Gasteiger partial charge on any atom is -1.00 e. The van der Waals surface area contributed by atoms with Gasteiger partial charge in [0.15, 0.2) is 23.4 Å². The molecule has 2 N–H and O–H groups in total. The Kier molecular flexibility index (Phi) is 4.49. The number of imidazole rings is 1. The monoisotopic (exact) mass is 267 g/mol. The molecule has 5 heteroatoms. The molecule has 88 valence electrons. The number of para-hydroxylation sites is 2. The van der Waals surface area contributed by atoms with Gasteiger partial charge in [0.1, 0.15) is 5.69 Å². The molecule has 0 spiro atoms. The summed E-state index contributed by atoms with van der Waals surface area (Å²) in [6.07, 6.45) is 5.81. The number of pyridine rings is 1. The summed E-state index contributed by atoms with van der Waals surface area (Å²) in [5.74, 6) is 0. The standard InChI is InChI=1S/C12H9N3.2ClH/c1-2-4-12-11(3-1)14-9-15(12)10-5-7-13-8-6-10;;/h1-9H;2*1H. The molecule has 0 unspecified atom stereocenters. The predicted molar refractivity (Wildman–Crippen MR) is 56.4 cm³/mol. The van der Waals surface area contributed by atoms with Crippen molar-refractivity contribution in [1.82, 2.24) is 4.98 Å². The fourth-order valence-electron chi connectivity index (χ4n) is 1.76. The summed E-state index contributed by atoms with van der Waals surface area (Å²) >= 11 is 0. The minimum absolute atomic E-state index is 0. The van der Waals surface area contributed by atoms with E-state index in [9.17, 15) is 0 Å². The molecule has 0 atom stereocenters. The maximum Gasteiger partial charge on any atom is 0.247 e. The normalized spacial score (nSPS) is 9.41. The third-order valence-electron chi connectivity index (χ3n) is 2.49. The van der Waals surface area contributed by atoms with Crippen molar-refractivity contribution in [3.05, 3.63) is 55.1 Å². The van der Waals surface area contributed by atoms with Gasteiger partial charge in [-0.25, -0.2) is 9.97 Å². The van der Waals surface area contributed by atoms with Crippen LogP contribution in [0.25, 0.3) is 16.7 Å². The van der Waals surface area contributed by atoms with Crippen molar-refractivity contribution in [2.45, 2.75) is 0 Å². The quantitative estimate of drug-likeness (QED) is 0.430. The van der Waals surface area contributed by atoms with Crippen molar-refractivity contribution in [1.29, 1.82) is 0 Å². The number of hydrogen-bond donors (Lipinski definition) is 1. The lowest BCUT2D eigenvalue weighted by atomic mass is 10.3. The van der Waals surface area contributed by atoms with E-state index in [0.29, 0.717) is 0 Å². The highest BCUT2D eigenvalue weighted by atomic mass is 35.5. The van der Waals surface area contributed by atoms with Gasteiger partial charge in [0.2, 0.25) is 6.33 Å². The zero-order valence-corrected chi connectivity index (χ0v) is 10.4. The van der Waals surface area contributed by atoms with Crippen molar-refractivity contribution in [2.24, 2.45) is 0 Å². The molecule has 0 saturated heterocycles. The van der Waals surface area contributed by atoms with E-state index < -0.39 is 0 Å². The lowest BCUT2D eigenvalue weighted by molar-refractivity contribution is -0.568. The number of nitrogens with zero attached hydrogens (tertiary/aromatic N) is 1. The molecule has 0 fully saturated rings. The lowest BCUT2D eigenvalue weighted by Crippen LogP contribution is -3.00. The molecule has 2 aromatic heterocycles. The van der Waals surface area contributed by atoms with Crippen molar-refractivity contribution >= 4 is 11.0 Å². The highest BCUT2D eigenvalue weighted by molar-refractivity contribution is 5.71. The Morgan fingerprint density at radius 2 is 1.65 bits per heavy atom. The van der Waals surface area contributed by atoms with Gasteiger partial charge in [-0.05, 0) is 12.1 Å². The van der Waals surface area contributed by atoms with Gasteiger partial charge in [0.05, 0.1) is 0 Å². The van der Waals surface area contributed by atoms with E-state index in [1.807, 2.05) is 43.0 Å². The van der Waals surface area contributed by atoms with E-state index in [4.69, 9.17) is 0 Å². The van der Waals surface area contributed by atoms with Crippen molar-refractivity contribution in [3.8, 4) is 5.69 Å². The number of hydrogen-bond acceptors (Lipinski definition) is 0. The Hall–Kier alpha value is -1.58. The van der Waals surface area contributed by atoms with Gasteiger partial charge in [-0.1, -0.05) is 12.1 Å². The number of H-pyrrole nitrogens is 2. The van der Waals surface area contributed by atoms with E-state index in [2.05, 4.69) is 26.7 Å². The number of aromatic amines is 2. The van der Waals surface area contributed by atoms with Crippen molar-refractivity contribution in [2.75, 3.05) is 0 Å². The molecule has 0 aliphatic rings. The molecule has 0 bridgehead atoms. The van der Waals surface area contributed by atoms with Crippen LogP contribution in [-0.4, -0.2) is 4.98 Å². The van der Waals surface area contributed by atoms with Crippen LogP contribution < -0.4 is 34.4 Å². The van der Waals surface area contributed by atoms with Gasteiger partial charge in [0.25, 0.3) is 0 Å². The molecule has 0 radical (unpaired) electrons. The Labute approximate surface area is 111 Å². The molecule has 0 saturated carbocycles. The molecule has 3 nitrogen and oxygen atoms in total. The van der Waals surface area contributed by atoms with Crippen LogP contribution in [0.1, 0.15) is 0 Å². The van der Waals surface area contributed by atoms with Crippen LogP contribution in [0.4, 0.5) is 0 Å². The van der Waals surface area contributed by atoms with Gasteiger partial charge in [-0.2, -0.15) is 4.57 Å². The largest absolute Gasteiger partial charge is 1.00 e. The first-order chi connectivity index (χ1) is 7.45. The molecule has 0 aliphatic carbocycles. The van der Waals surface area contributed by atoms with E-state index in [1.54, 1.807) is 0 Å². The molecule has 0 amide bonds. The summed E-state index contributed by atoms with van der Waals surface area (Å²) in [7, 11) is 0. The molecule has 3 aromatic rings. The number of rotatable bonds is 1. The Balaban J connectivity index is 0.000000722. The second-order valence-corrected chi connectivity index (χ2v) is 3.42. The Bertz CT molecular complexity index is 593. The number of benzene rings is 1. The third kappa shape index (κ3) is 2.40. The van der Waals surface area contributed by atoms with Gasteiger partial charge in [-0.3, -0.25) is 0 Å². The first-order valence-electron chi connectivity index (χ1n) is 4.89. The summed E-state index contributed by atoms with van der Waals surface area (Å²) in [5.41, 5.74) is 3.47. The summed E-state index contributed by atoms with van der Waals surface area (Å²) in [6.45, 7) is 0. The van der Waals surface area contributed by atoms with Crippen LogP contribution in [0.15, 0.2) is 55.1 Å². The van der Waals surface area contributed by atoms with Crippen LogP contribution in [0, 0.1) is 0 Å². The van der Waals surface area contributed by atoms with Gasteiger partial charge < -0.3 is 24.8 Å². The Morgan fingerprint density at radius 3 is 2.41 bits per heavy atom. The highest BCUT2D eigenvalue weighted by Crippen LogP contribution is 2.08. The highest BCUT2D eigenvalue weighted by Gasteiger charge is 2.10. The Morgan fingerprint density at radius 1 is 0.941 bits per heavy atom. The number of aromatic nitrogens is 3. The number of halogens is 2. The van der Waals surface area contributed by atoms with Crippen LogP contribution >= 0.6 is 0 Å². The lowest BCUT2D eigenvalue weighted by Gasteiger charge is -1.93. The zero-order valence-electron chi connectivity index (χ0n) is 8.90. The topological polar surface area (TPSA) is 33.8 Å². The average Bonchev–Trinajstić information content (AvgIpc) is 2.74. The molecule has 2 heterocycles.